The van der Waals surface area contributed by atoms with Crippen LogP contribution < -0.4 is 4.57 Å². The fourth-order valence-electron chi connectivity index (χ4n) is 4.63. The Bertz CT molecular complexity index is 1040. The normalized spacial score (nSPS) is 12.4. The van der Waals surface area contributed by atoms with Gasteiger partial charge in [0.1, 0.15) is 7.05 Å². The van der Waals surface area contributed by atoms with Crippen molar-refractivity contribution in [3.8, 4) is 22.4 Å². The SMILES string of the molecule is Cc1cc(-c2c(C)ccc3c2Cc2c(C)cccc2-3)[n+](C)cc1CC(C)C. The minimum absolute atomic E-state index is 0.676. The number of aromatic nitrogens is 1. The van der Waals surface area contributed by atoms with Crippen LogP contribution in [0.1, 0.15) is 47.2 Å². The molecule has 138 valence electrons. The van der Waals surface area contributed by atoms with Crippen LogP contribution in [-0.4, -0.2) is 0 Å². The van der Waals surface area contributed by atoms with Gasteiger partial charge in [-0.2, -0.15) is 0 Å². The first-order chi connectivity index (χ1) is 12.9. The maximum Gasteiger partial charge on any atom is 0.213 e. The third-order valence-corrected chi connectivity index (χ3v) is 6.05. The number of hydrogen-bond donors (Lipinski definition) is 0. The Morgan fingerprint density at radius 2 is 1.63 bits per heavy atom. The molecule has 0 fully saturated rings. The van der Waals surface area contributed by atoms with Crippen molar-refractivity contribution in [2.24, 2.45) is 13.0 Å². The number of aryl methyl sites for hydroxylation is 4. The second-order valence-electron chi connectivity index (χ2n) is 8.64. The molecule has 0 bridgehead atoms. The summed E-state index contributed by atoms with van der Waals surface area (Å²) in [5.74, 6) is 0.676. The van der Waals surface area contributed by atoms with Gasteiger partial charge >= 0.3 is 0 Å². The zero-order chi connectivity index (χ0) is 19.3. The van der Waals surface area contributed by atoms with Gasteiger partial charge in [0.25, 0.3) is 0 Å². The van der Waals surface area contributed by atoms with Crippen molar-refractivity contribution in [1.82, 2.24) is 0 Å². The number of nitrogens with zero attached hydrogens (tertiary/aromatic N) is 1. The molecule has 0 radical (unpaired) electrons. The summed E-state index contributed by atoms with van der Waals surface area (Å²) < 4.78 is 2.34. The Hall–Kier alpha value is -2.41. The van der Waals surface area contributed by atoms with E-state index in [0.717, 1.165) is 12.8 Å². The molecule has 0 amide bonds. The van der Waals surface area contributed by atoms with Crippen LogP contribution in [-0.2, 0) is 19.9 Å². The minimum Gasteiger partial charge on any atom is -0.201 e. The van der Waals surface area contributed by atoms with Gasteiger partial charge in [0.15, 0.2) is 6.20 Å². The Kier molecular flexibility index (Phi) is 4.42. The van der Waals surface area contributed by atoms with Crippen LogP contribution in [0.5, 0.6) is 0 Å². The van der Waals surface area contributed by atoms with Crippen LogP contribution in [0.15, 0.2) is 42.6 Å². The van der Waals surface area contributed by atoms with Gasteiger partial charge in [-0.3, -0.25) is 0 Å². The summed E-state index contributed by atoms with van der Waals surface area (Å²) in [6, 6.07) is 13.7. The third kappa shape index (κ3) is 3.00. The molecule has 27 heavy (non-hydrogen) atoms. The van der Waals surface area contributed by atoms with Crippen LogP contribution in [0.25, 0.3) is 22.4 Å². The Morgan fingerprint density at radius 1 is 0.889 bits per heavy atom. The molecule has 0 N–H and O–H groups in total. The highest BCUT2D eigenvalue weighted by Crippen LogP contribution is 2.43. The molecule has 4 rings (SSSR count). The van der Waals surface area contributed by atoms with Gasteiger partial charge in [-0.15, -0.1) is 0 Å². The molecular formula is C26H30N+. The van der Waals surface area contributed by atoms with Gasteiger partial charge in [-0.25, -0.2) is 4.57 Å². The molecule has 0 unspecified atom stereocenters. The molecule has 0 saturated heterocycles. The Balaban J connectivity index is 1.90. The second kappa shape index (κ2) is 6.64. The van der Waals surface area contributed by atoms with E-state index in [1.807, 2.05) is 0 Å². The molecule has 0 saturated carbocycles. The topological polar surface area (TPSA) is 3.88 Å². The second-order valence-corrected chi connectivity index (χ2v) is 8.64. The zero-order valence-corrected chi connectivity index (χ0v) is 17.5. The smallest absolute Gasteiger partial charge is 0.201 e. The number of rotatable bonds is 3. The van der Waals surface area contributed by atoms with Gasteiger partial charge in [-0.1, -0.05) is 44.2 Å². The van der Waals surface area contributed by atoms with E-state index >= 15 is 0 Å². The van der Waals surface area contributed by atoms with E-state index in [4.69, 9.17) is 0 Å². The van der Waals surface area contributed by atoms with Crippen molar-refractivity contribution >= 4 is 0 Å². The lowest BCUT2D eigenvalue weighted by Crippen LogP contribution is -2.32. The lowest BCUT2D eigenvalue weighted by molar-refractivity contribution is -0.660. The van der Waals surface area contributed by atoms with Gasteiger partial charge in [-0.05, 0) is 78.5 Å². The monoisotopic (exact) mass is 356 g/mol. The molecule has 2 aromatic carbocycles. The fraction of sp³-hybridized carbons (Fsp3) is 0.346. The van der Waals surface area contributed by atoms with Crippen LogP contribution in [0.4, 0.5) is 0 Å². The van der Waals surface area contributed by atoms with Gasteiger partial charge in [0.05, 0.1) is 5.56 Å². The Morgan fingerprint density at radius 3 is 2.37 bits per heavy atom. The van der Waals surface area contributed by atoms with E-state index in [2.05, 4.69) is 88.8 Å². The number of benzene rings is 2. The maximum absolute atomic E-state index is 2.40. The molecule has 1 heterocycles. The quantitative estimate of drug-likeness (QED) is 0.404. The zero-order valence-electron chi connectivity index (χ0n) is 17.5. The number of hydrogen-bond acceptors (Lipinski definition) is 0. The minimum atomic E-state index is 0.676. The highest BCUT2D eigenvalue weighted by Gasteiger charge is 2.27. The lowest BCUT2D eigenvalue weighted by atomic mass is 9.92. The van der Waals surface area contributed by atoms with Crippen LogP contribution in [0.2, 0.25) is 0 Å². The van der Waals surface area contributed by atoms with Crippen LogP contribution in [0, 0.1) is 26.7 Å². The summed E-state index contributed by atoms with van der Waals surface area (Å²) in [6.07, 6.45) is 4.52. The molecule has 1 aliphatic carbocycles. The van der Waals surface area contributed by atoms with E-state index in [9.17, 15) is 0 Å². The third-order valence-electron chi connectivity index (χ3n) is 6.05. The van der Waals surface area contributed by atoms with Gasteiger partial charge in [0.2, 0.25) is 5.69 Å². The van der Waals surface area contributed by atoms with Crippen LogP contribution in [0.3, 0.4) is 0 Å². The van der Waals surface area contributed by atoms with Gasteiger partial charge in [0, 0.05) is 11.6 Å². The standard InChI is InChI=1S/C26H30N/c1-16(2)12-20-15-27(6)25(13-19(20)5)26-18(4)10-11-22-21-9-7-8-17(3)23(21)14-24(22)26/h7-11,13,15-16H,12,14H2,1-6H3/q+1. The van der Waals surface area contributed by atoms with Crippen molar-refractivity contribution < 1.29 is 4.57 Å². The average Bonchev–Trinajstić information content (AvgIpc) is 2.98. The predicted molar refractivity (Wildman–Crippen MR) is 114 cm³/mol. The van der Waals surface area contributed by atoms with Crippen molar-refractivity contribution in [2.45, 2.75) is 47.5 Å². The molecule has 1 aliphatic rings. The molecule has 1 aromatic heterocycles. The molecule has 0 spiro atoms. The van der Waals surface area contributed by atoms with Crippen molar-refractivity contribution in [3.05, 3.63) is 76.0 Å². The van der Waals surface area contributed by atoms with Crippen molar-refractivity contribution in [3.63, 3.8) is 0 Å². The van der Waals surface area contributed by atoms with E-state index in [1.54, 1.807) is 0 Å². The van der Waals surface area contributed by atoms with Crippen LogP contribution >= 0.6 is 0 Å². The molecule has 1 heteroatoms. The lowest BCUT2D eigenvalue weighted by Gasteiger charge is -2.14. The maximum atomic E-state index is 2.40. The highest BCUT2D eigenvalue weighted by molar-refractivity contribution is 5.85. The molecule has 3 aromatic rings. The molecule has 0 aliphatic heterocycles. The summed E-state index contributed by atoms with van der Waals surface area (Å²) in [5.41, 5.74) is 14.2. The number of fused-ring (bicyclic) bond motifs is 3. The first-order valence-electron chi connectivity index (χ1n) is 10.1. The van der Waals surface area contributed by atoms with Crippen molar-refractivity contribution in [1.29, 1.82) is 0 Å². The van der Waals surface area contributed by atoms with Crippen molar-refractivity contribution in [2.75, 3.05) is 0 Å². The van der Waals surface area contributed by atoms with E-state index in [1.165, 1.54) is 55.8 Å². The molecule has 0 atom stereocenters. The van der Waals surface area contributed by atoms with E-state index in [-0.39, 0.29) is 0 Å². The Labute approximate surface area is 163 Å². The first kappa shape index (κ1) is 18.0. The highest BCUT2D eigenvalue weighted by atomic mass is 14.9. The number of pyridine rings is 1. The first-order valence-corrected chi connectivity index (χ1v) is 10.1. The summed E-state index contributed by atoms with van der Waals surface area (Å²) >= 11 is 0. The van der Waals surface area contributed by atoms with Gasteiger partial charge < -0.3 is 0 Å². The van der Waals surface area contributed by atoms with E-state index < -0.39 is 0 Å². The van der Waals surface area contributed by atoms with E-state index in [0.29, 0.717) is 5.92 Å². The largest absolute Gasteiger partial charge is 0.213 e. The average molecular weight is 357 g/mol. The molecule has 1 nitrogen and oxygen atoms in total. The summed E-state index contributed by atoms with van der Waals surface area (Å²) in [5, 5.41) is 0. The summed E-state index contributed by atoms with van der Waals surface area (Å²) in [6.45, 7) is 11.3. The summed E-state index contributed by atoms with van der Waals surface area (Å²) in [7, 11) is 2.20. The molecular weight excluding hydrogens is 326 g/mol. The predicted octanol–water partition coefficient (Wildman–Crippen LogP) is 5.87. The summed E-state index contributed by atoms with van der Waals surface area (Å²) in [4.78, 5) is 0. The fourth-order valence-corrected chi connectivity index (χ4v) is 4.63.